The molecule has 3 aromatic carbocycles. The van der Waals surface area contributed by atoms with Gasteiger partial charge in [0.05, 0.1) is 46.7 Å². The third-order valence-corrected chi connectivity index (χ3v) is 14.5. The Morgan fingerprint density at radius 3 is 2.33 bits per heavy atom. The Hall–Kier alpha value is -4.90. The number of benzene rings is 3. The Morgan fingerprint density at radius 1 is 1.04 bits per heavy atom. The lowest BCUT2D eigenvalue weighted by molar-refractivity contribution is -1.08. The highest BCUT2D eigenvalue weighted by Gasteiger charge is 2.60. The molecule has 0 saturated carbocycles. The molecule has 0 spiro atoms. The first-order valence-electron chi connectivity index (χ1n) is 18.4. The number of aliphatic hydroxyl groups excluding tert-OH is 1. The molecule has 4 fully saturated rings. The van der Waals surface area contributed by atoms with Crippen LogP contribution in [0.4, 0.5) is 11.4 Å². The summed E-state index contributed by atoms with van der Waals surface area (Å²) >= 11 is 0. The predicted octanol–water partition coefficient (Wildman–Crippen LogP) is 1.80. The van der Waals surface area contributed by atoms with Gasteiger partial charge in [0.25, 0.3) is 21.6 Å². The number of ether oxygens (including phenoxy) is 1. The van der Waals surface area contributed by atoms with Gasteiger partial charge in [-0.3, -0.25) is 24.0 Å². The second kappa shape index (κ2) is 12.9. The number of β-lactam (4-membered cyclic amide) rings is 1. The van der Waals surface area contributed by atoms with Crippen LogP contribution < -0.4 is 10.0 Å². The highest BCUT2D eigenvalue weighted by molar-refractivity contribution is 7.93. The molecule has 4 atom stereocenters. The van der Waals surface area contributed by atoms with Crippen LogP contribution in [0.2, 0.25) is 0 Å². The number of fused-ring (bicyclic) bond motifs is 4. The second-order valence-electron chi connectivity index (χ2n) is 15.7. The molecule has 2 amide bonds. The van der Waals surface area contributed by atoms with Crippen molar-refractivity contribution in [2.24, 2.45) is 17.6 Å². The van der Waals surface area contributed by atoms with Gasteiger partial charge in [-0.15, -0.1) is 0 Å². The van der Waals surface area contributed by atoms with Crippen molar-refractivity contribution < 1.29 is 46.5 Å². The monoisotopic (exact) mass is 760 g/mol. The number of carbonyl (C=O) groups is 3. The van der Waals surface area contributed by atoms with E-state index >= 15 is 0 Å². The lowest BCUT2D eigenvalue weighted by Crippen LogP contribution is -2.76. The van der Waals surface area contributed by atoms with Gasteiger partial charge in [-0.25, -0.2) is 13.2 Å². The van der Waals surface area contributed by atoms with Gasteiger partial charge in [0.1, 0.15) is 51.6 Å². The molecular formula is C38H44N6O9S+2. The van der Waals surface area contributed by atoms with Gasteiger partial charge in [0, 0.05) is 29.9 Å². The minimum absolute atomic E-state index is 0.0363. The maximum atomic E-state index is 14.3. The summed E-state index contributed by atoms with van der Waals surface area (Å²) in [6, 6.07) is 14.1. The van der Waals surface area contributed by atoms with Gasteiger partial charge in [-0.05, 0) is 53.3 Å². The van der Waals surface area contributed by atoms with E-state index in [2.05, 4.69) is 0 Å². The third kappa shape index (κ3) is 5.65. The summed E-state index contributed by atoms with van der Waals surface area (Å²) in [5.41, 5.74) is 7.86. The van der Waals surface area contributed by atoms with E-state index in [4.69, 9.17) is 10.5 Å². The number of hydrogen-bond donors (Lipinski definition) is 2. The first-order valence-corrected chi connectivity index (χ1v) is 19.8. The summed E-state index contributed by atoms with van der Waals surface area (Å²) in [4.78, 5) is 51.0. The number of sulfonamides is 1. The molecule has 16 heteroatoms. The average Bonchev–Trinajstić information content (AvgIpc) is 3.51. The van der Waals surface area contributed by atoms with Crippen molar-refractivity contribution in [1.82, 2.24) is 4.90 Å². The highest BCUT2D eigenvalue weighted by atomic mass is 32.2. The molecule has 6 aliphatic rings. The maximum Gasteiger partial charge on any atom is 0.355 e. The van der Waals surface area contributed by atoms with E-state index < -0.39 is 50.8 Å². The molecule has 54 heavy (non-hydrogen) atoms. The van der Waals surface area contributed by atoms with E-state index in [1.807, 2.05) is 25.1 Å². The van der Waals surface area contributed by atoms with Crippen molar-refractivity contribution in [2.75, 3.05) is 63.2 Å². The first-order chi connectivity index (χ1) is 25.7. The zero-order chi connectivity index (χ0) is 38.3. The number of anilines is 1. The normalized spacial score (nSPS) is 28.3. The Balaban J connectivity index is 1.08. The summed E-state index contributed by atoms with van der Waals surface area (Å²) in [5.74, 6) is -2.76. The predicted molar refractivity (Wildman–Crippen MR) is 196 cm³/mol. The topological polar surface area (TPSA) is 190 Å². The number of hydrogen-bond acceptors (Lipinski definition) is 9. The number of aliphatic hydroxyl groups is 1. The average molecular weight is 761 g/mol. The molecule has 6 heterocycles. The number of rotatable bonds is 12. The molecule has 6 aliphatic heterocycles. The number of non-ortho nitro benzene ring substituents is 1. The van der Waals surface area contributed by atoms with Crippen LogP contribution >= 0.6 is 0 Å². The van der Waals surface area contributed by atoms with E-state index in [0.717, 1.165) is 72.1 Å². The van der Waals surface area contributed by atoms with Crippen LogP contribution in [0.3, 0.4) is 0 Å². The number of carbonyl (C=O) groups excluding carboxylic acids is 3. The van der Waals surface area contributed by atoms with Crippen LogP contribution in [0, 0.1) is 22.0 Å². The number of amides is 2. The quantitative estimate of drug-likeness (QED) is 0.0912. The number of nitrogens with zero attached hydrogens (tertiary/aromatic N) is 5. The van der Waals surface area contributed by atoms with Crippen LogP contribution in [0.1, 0.15) is 25.0 Å². The smallest absolute Gasteiger partial charge is 0.355 e. The molecule has 3 aromatic rings. The van der Waals surface area contributed by atoms with Crippen LogP contribution in [0.15, 0.2) is 70.8 Å². The molecule has 0 aromatic heterocycles. The van der Waals surface area contributed by atoms with Gasteiger partial charge < -0.3 is 29.4 Å². The second-order valence-corrected chi connectivity index (χ2v) is 17.5. The Morgan fingerprint density at radius 2 is 1.70 bits per heavy atom. The fourth-order valence-electron chi connectivity index (χ4n) is 9.61. The van der Waals surface area contributed by atoms with Crippen molar-refractivity contribution in [3.05, 3.63) is 87.1 Å². The first kappa shape index (κ1) is 36.1. The lowest BCUT2D eigenvalue weighted by Gasteiger charge is -2.55. The van der Waals surface area contributed by atoms with Crippen LogP contribution in [0.25, 0.3) is 10.8 Å². The molecule has 284 valence electrons. The Labute approximate surface area is 312 Å². The number of nitrogens with two attached hydrogens (primary N) is 1. The zero-order valence-electron chi connectivity index (χ0n) is 30.2. The van der Waals surface area contributed by atoms with E-state index in [1.54, 1.807) is 12.1 Å². The summed E-state index contributed by atoms with van der Waals surface area (Å²) in [5, 5.41) is 23.1. The molecular weight excluding hydrogens is 717 g/mol. The largest absolute Gasteiger partial charge is 0.456 e. The lowest BCUT2D eigenvalue weighted by atomic mass is 9.78. The van der Waals surface area contributed by atoms with Gasteiger partial charge in [0.2, 0.25) is 5.91 Å². The minimum Gasteiger partial charge on any atom is -0.456 e. The zero-order valence-corrected chi connectivity index (χ0v) is 31.0. The molecule has 9 rings (SSSR count). The van der Waals surface area contributed by atoms with Gasteiger partial charge in [-0.1, -0.05) is 25.1 Å². The standard InChI is InChI=1S/C38H43N6O9S/c1-23-29(36(41-35(23)33(24(2)45)37(41)47)38(48)53-22-25-6-9-27(10-7-25)42(49)50)20-40-30-5-3-4-28-26(8-11-31(34(28)30)54(40,51)52)12-13-43-14-17-44(18-15-43,19-16-43)21-32(39)46/h3-11,23-24,33,35,45H,12-22H2,1-2H3,(H-,39,46)/q+1/p+1/t23-,24?,33?,35?,43?,44?/m0/s1. The van der Waals surface area contributed by atoms with Crippen molar-refractivity contribution in [1.29, 1.82) is 0 Å². The molecule has 3 unspecified atom stereocenters. The van der Waals surface area contributed by atoms with Gasteiger partial charge >= 0.3 is 5.97 Å². The minimum atomic E-state index is -4.07. The molecule has 4 saturated heterocycles. The fraction of sp³-hybridized carbons (Fsp3) is 0.447. The number of nitro groups is 1. The van der Waals surface area contributed by atoms with E-state index in [-0.39, 0.29) is 35.3 Å². The Kier molecular flexibility index (Phi) is 8.59. The maximum absolute atomic E-state index is 14.3. The fourth-order valence-corrected chi connectivity index (χ4v) is 11.3. The van der Waals surface area contributed by atoms with Crippen LogP contribution in [-0.2, 0) is 42.2 Å². The molecule has 0 aliphatic carbocycles. The summed E-state index contributed by atoms with van der Waals surface area (Å²) in [6.45, 7) is 9.88. The number of esters is 1. The summed E-state index contributed by atoms with van der Waals surface area (Å²) in [7, 11) is -4.07. The van der Waals surface area contributed by atoms with Gasteiger partial charge in [-0.2, -0.15) is 0 Å². The number of piperazine rings is 3. The summed E-state index contributed by atoms with van der Waals surface area (Å²) < 4.78 is 37.4. The molecule has 3 N–H and O–H groups in total. The van der Waals surface area contributed by atoms with Crippen molar-refractivity contribution in [3.63, 3.8) is 0 Å². The number of primary amides is 1. The summed E-state index contributed by atoms with van der Waals surface area (Å²) in [6.07, 6.45) is -0.232. The number of quaternary nitrogens is 2. The SMILES string of the molecule is CC(O)C1C(=O)N2C(C(=O)OCc3ccc([N+](=O)[O-])cc3)=C(CN3c4cccc5c(CC[N+]67CC[N+](CC(N)=O)(CC6)CC7)ccc(c45)S3(=O)=O)[C@H](C)C12. The van der Waals surface area contributed by atoms with Crippen molar-refractivity contribution in [2.45, 2.75) is 43.9 Å². The van der Waals surface area contributed by atoms with E-state index in [1.165, 1.54) is 40.4 Å². The van der Waals surface area contributed by atoms with Gasteiger partial charge in [0.15, 0.2) is 6.54 Å². The van der Waals surface area contributed by atoms with Crippen molar-refractivity contribution >= 4 is 50.0 Å². The molecule has 2 bridgehead atoms. The molecule has 0 radical (unpaired) electrons. The van der Waals surface area contributed by atoms with Crippen LogP contribution in [-0.4, -0.2) is 121 Å². The van der Waals surface area contributed by atoms with E-state index in [0.29, 0.717) is 28.8 Å². The van der Waals surface area contributed by atoms with Crippen LogP contribution in [0.5, 0.6) is 0 Å². The van der Waals surface area contributed by atoms with E-state index in [9.17, 15) is 38.0 Å². The molecule has 15 nitrogen and oxygen atoms in total. The highest BCUT2D eigenvalue weighted by Crippen LogP contribution is 2.50. The third-order valence-electron chi connectivity index (χ3n) is 12.7. The Bertz CT molecular complexity index is 2230. The number of nitro benzene ring substituents is 1. The van der Waals surface area contributed by atoms with Crippen molar-refractivity contribution in [3.8, 4) is 0 Å².